The fraction of sp³-hybridized carbons (Fsp3) is 0.571. The van der Waals surface area contributed by atoms with E-state index in [0.29, 0.717) is 36.3 Å². The molecule has 1 saturated heterocycles. The third-order valence-electron chi connectivity index (χ3n) is 3.69. The zero-order valence-corrected chi connectivity index (χ0v) is 11.7. The molecule has 4 nitrogen and oxygen atoms in total. The Morgan fingerprint density at radius 2 is 1.95 bits per heavy atom. The summed E-state index contributed by atoms with van der Waals surface area (Å²) in [7, 11) is -3.33. The molecule has 0 atom stereocenters. The summed E-state index contributed by atoms with van der Waals surface area (Å²) in [6.45, 7) is 1.97. The Hall–Kier alpha value is -1.07. The third-order valence-corrected chi connectivity index (χ3v) is 5.59. The maximum Gasteiger partial charge on any atom is 0.243 e. The summed E-state index contributed by atoms with van der Waals surface area (Å²) in [4.78, 5) is 0.350. The molecule has 0 unspecified atom stereocenters. The second-order valence-electron chi connectivity index (χ2n) is 5.34. The van der Waals surface area contributed by atoms with Crippen molar-refractivity contribution in [3.05, 3.63) is 24.3 Å². The standard InChI is InChI=1S/C14H19NO3S/c16-19(17,15-8-1-2-9-15)14-5-3-4-13(10-14)18-11-12-6-7-12/h3-5,10,12H,1-2,6-9,11H2. The summed E-state index contributed by atoms with van der Waals surface area (Å²) in [5.41, 5.74) is 0. The second-order valence-corrected chi connectivity index (χ2v) is 7.28. The van der Waals surface area contributed by atoms with E-state index >= 15 is 0 Å². The largest absolute Gasteiger partial charge is 0.493 e. The molecule has 0 N–H and O–H groups in total. The quantitative estimate of drug-likeness (QED) is 0.831. The third kappa shape index (κ3) is 2.92. The van der Waals surface area contributed by atoms with Gasteiger partial charge in [0.25, 0.3) is 0 Å². The molecule has 2 aliphatic rings. The first kappa shape index (κ1) is 12.9. The Kier molecular flexibility index (Phi) is 3.50. The van der Waals surface area contributed by atoms with Crippen LogP contribution in [-0.2, 0) is 10.0 Å². The molecular formula is C14H19NO3S. The van der Waals surface area contributed by atoms with Crippen molar-refractivity contribution < 1.29 is 13.2 Å². The predicted molar refractivity (Wildman–Crippen MR) is 72.7 cm³/mol. The van der Waals surface area contributed by atoms with E-state index < -0.39 is 10.0 Å². The molecule has 0 spiro atoms. The lowest BCUT2D eigenvalue weighted by atomic mass is 10.3. The number of sulfonamides is 1. The van der Waals surface area contributed by atoms with Crippen LogP contribution in [0.1, 0.15) is 25.7 Å². The van der Waals surface area contributed by atoms with E-state index in [1.54, 1.807) is 22.5 Å². The van der Waals surface area contributed by atoms with Crippen LogP contribution in [0.3, 0.4) is 0 Å². The smallest absolute Gasteiger partial charge is 0.243 e. The molecule has 0 radical (unpaired) electrons. The van der Waals surface area contributed by atoms with Gasteiger partial charge in [0.15, 0.2) is 0 Å². The van der Waals surface area contributed by atoms with E-state index in [1.807, 2.05) is 6.07 Å². The maximum absolute atomic E-state index is 12.4. The molecule has 1 saturated carbocycles. The maximum atomic E-state index is 12.4. The highest BCUT2D eigenvalue weighted by Crippen LogP contribution is 2.30. The van der Waals surface area contributed by atoms with Crippen LogP contribution in [0.2, 0.25) is 0 Å². The van der Waals surface area contributed by atoms with Gasteiger partial charge in [0.05, 0.1) is 11.5 Å². The highest BCUT2D eigenvalue weighted by molar-refractivity contribution is 7.89. The Morgan fingerprint density at radius 3 is 2.63 bits per heavy atom. The Morgan fingerprint density at radius 1 is 1.21 bits per heavy atom. The van der Waals surface area contributed by atoms with E-state index in [2.05, 4.69) is 0 Å². The average Bonchev–Trinajstić information content (AvgIpc) is 3.07. The normalized spacial score (nSPS) is 20.6. The van der Waals surface area contributed by atoms with Crippen LogP contribution >= 0.6 is 0 Å². The molecule has 1 aliphatic heterocycles. The Bertz CT molecular complexity index is 546. The van der Waals surface area contributed by atoms with Crippen LogP contribution in [0.5, 0.6) is 5.75 Å². The molecule has 1 aromatic carbocycles. The number of nitrogens with zero attached hydrogens (tertiary/aromatic N) is 1. The van der Waals surface area contributed by atoms with Crippen molar-refractivity contribution >= 4 is 10.0 Å². The van der Waals surface area contributed by atoms with Gasteiger partial charge in [0.2, 0.25) is 10.0 Å². The molecule has 0 amide bonds. The number of hydrogen-bond donors (Lipinski definition) is 0. The Balaban J connectivity index is 1.77. The van der Waals surface area contributed by atoms with E-state index in [9.17, 15) is 8.42 Å². The molecule has 1 aromatic rings. The van der Waals surface area contributed by atoms with Crippen molar-refractivity contribution in [2.45, 2.75) is 30.6 Å². The molecule has 1 heterocycles. The van der Waals surface area contributed by atoms with Gasteiger partial charge in [-0.15, -0.1) is 0 Å². The van der Waals surface area contributed by atoms with Gasteiger partial charge in [-0.05, 0) is 43.7 Å². The summed E-state index contributed by atoms with van der Waals surface area (Å²) in [5, 5.41) is 0. The van der Waals surface area contributed by atoms with Gasteiger partial charge in [-0.25, -0.2) is 8.42 Å². The SMILES string of the molecule is O=S(=O)(c1cccc(OCC2CC2)c1)N1CCCC1. The molecule has 0 aromatic heterocycles. The van der Waals surface area contributed by atoms with Crippen LogP contribution < -0.4 is 4.74 Å². The molecule has 2 fully saturated rings. The molecule has 1 aliphatic carbocycles. The van der Waals surface area contributed by atoms with Crippen LogP contribution in [0, 0.1) is 5.92 Å². The van der Waals surface area contributed by atoms with Crippen molar-refractivity contribution in [2.75, 3.05) is 19.7 Å². The van der Waals surface area contributed by atoms with E-state index in [0.717, 1.165) is 12.8 Å². The highest BCUT2D eigenvalue weighted by atomic mass is 32.2. The Labute approximate surface area is 114 Å². The van der Waals surface area contributed by atoms with Gasteiger partial charge in [-0.2, -0.15) is 4.31 Å². The van der Waals surface area contributed by atoms with Crippen molar-refractivity contribution in [3.8, 4) is 5.75 Å². The average molecular weight is 281 g/mol. The van der Waals surface area contributed by atoms with Gasteiger partial charge in [-0.1, -0.05) is 6.07 Å². The summed E-state index contributed by atoms with van der Waals surface area (Å²) in [5.74, 6) is 1.33. The highest BCUT2D eigenvalue weighted by Gasteiger charge is 2.27. The molecule has 104 valence electrons. The lowest BCUT2D eigenvalue weighted by Gasteiger charge is -2.16. The van der Waals surface area contributed by atoms with Crippen molar-refractivity contribution in [1.29, 1.82) is 0 Å². The summed E-state index contributed by atoms with van der Waals surface area (Å²) < 4.78 is 32.0. The van der Waals surface area contributed by atoms with E-state index in [-0.39, 0.29) is 0 Å². The fourth-order valence-corrected chi connectivity index (χ4v) is 3.85. The lowest BCUT2D eigenvalue weighted by molar-refractivity contribution is 0.299. The molecule has 19 heavy (non-hydrogen) atoms. The van der Waals surface area contributed by atoms with E-state index in [1.165, 1.54) is 12.8 Å². The zero-order chi connectivity index (χ0) is 13.3. The van der Waals surface area contributed by atoms with Crippen LogP contribution in [0.4, 0.5) is 0 Å². The van der Waals surface area contributed by atoms with Crippen LogP contribution in [0.15, 0.2) is 29.2 Å². The van der Waals surface area contributed by atoms with Gasteiger partial charge in [0, 0.05) is 19.2 Å². The first-order valence-corrected chi connectivity index (χ1v) is 8.33. The number of hydrogen-bond acceptors (Lipinski definition) is 3. The van der Waals surface area contributed by atoms with Gasteiger partial charge in [-0.3, -0.25) is 0 Å². The number of ether oxygens (including phenoxy) is 1. The minimum atomic E-state index is -3.33. The fourth-order valence-electron chi connectivity index (χ4n) is 2.30. The second kappa shape index (κ2) is 5.13. The van der Waals surface area contributed by atoms with Gasteiger partial charge < -0.3 is 4.74 Å². The molecule has 0 bridgehead atoms. The van der Waals surface area contributed by atoms with Crippen LogP contribution in [0.25, 0.3) is 0 Å². The first-order chi connectivity index (χ1) is 9.16. The summed E-state index contributed by atoms with van der Waals surface area (Å²) in [6.07, 6.45) is 4.37. The summed E-state index contributed by atoms with van der Waals surface area (Å²) in [6, 6.07) is 6.88. The monoisotopic (exact) mass is 281 g/mol. The summed E-state index contributed by atoms with van der Waals surface area (Å²) >= 11 is 0. The minimum absolute atomic E-state index is 0.350. The van der Waals surface area contributed by atoms with Crippen molar-refractivity contribution in [3.63, 3.8) is 0 Å². The number of benzene rings is 1. The topological polar surface area (TPSA) is 46.6 Å². The molecular weight excluding hydrogens is 262 g/mol. The van der Waals surface area contributed by atoms with Gasteiger partial charge in [0.1, 0.15) is 5.75 Å². The van der Waals surface area contributed by atoms with Gasteiger partial charge >= 0.3 is 0 Å². The first-order valence-electron chi connectivity index (χ1n) is 6.89. The predicted octanol–water partition coefficient (Wildman–Crippen LogP) is 2.26. The molecule has 3 rings (SSSR count). The number of rotatable bonds is 5. The van der Waals surface area contributed by atoms with Crippen molar-refractivity contribution in [2.24, 2.45) is 5.92 Å². The van der Waals surface area contributed by atoms with E-state index in [4.69, 9.17) is 4.74 Å². The minimum Gasteiger partial charge on any atom is -0.493 e. The molecule has 5 heteroatoms. The zero-order valence-electron chi connectivity index (χ0n) is 10.9. The lowest BCUT2D eigenvalue weighted by Crippen LogP contribution is -2.27. The van der Waals surface area contributed by atoms with Crippen LogP contribution in [-0.4, -0.2) is 32.4 Å². The van der Waals surface area contributed by atoms with Crippen molar-refractivity contribution in [1.82, 2.24) is 4.31 Å².